The average Bonchev–Trinajstić information content (AvgIpc) is 2.26. The highest BCUT2D eigenvalue weighted by molar-refractivity contribution is 6.39. The Balaban J connectivity index is 2.86. The maximum atomic E-state index is 13.5. The van der Waals surface area contributed by atoms with Crippen molar-refractivity contribution in [3.8, 4) is 0 Å². The summed E-state index contributed by atoms with van der Waals surface area (Å²) in [5, 5.41) is 0.866. The maximum absolute atomic E-state index is 13.5. The molecule has 0 fully saturated rings. The molecule has 1 aromatic carbocycles. The third-order valence-electron chi connectivity index (χ3n) is 2.36. The number of rotatable bonds is 1. The summed E-state index contributed by atoms with van der Waals surface area (Å²) in [7, 11) is 0. The minimum Gasteiger partial charge on any atom is -0.236 e. The summed E-state index contributed by atoms with van der Waals surface area (Å²) in [6.07, 6.45) is 0.711. The first kappa shape index (κ1) is 11.9. The highest BCUT2D eigenvalue weighted by Crippen LogP contribution is 2.33. The average molecular weight is 279 g/mol. The second kappa shape index (κ2) is 4.36. The van der Waals surface area contributed by atoms with E-state index in [-0.39, 0.29) is 10.0 Å². The van der Waals surface area contributed by atoms with Crippen molar-refractivity contribution in [2.45, 2.75) is 13.3 Å². The van der Waals surface area contributed by atoms with E-state index in [1.807, 2.05) is 6.92 Å². The van der Waals surface area contributed by atoms with Crippen molar-refractivity contribution in [2.75, 3.05) is 0 Å². The topological polar surface area (TPSA) is 12.9 Å². The van der Waals surface area contributed by atoms with Crippen LogP contribution in [-0.4, -0.2) is 4.98 Å². The van der Waals surface area contributed by atoms with E-state index in [0.717, 1.165) is 5.56 Å². The van der Waals surface area contributed by atoms with E-state index < -0.39 is 5.82 Å². The highest BCUT2D eigenvalue weighted by atomic mass is 35.5. The van der Waals surface area contributed by atoms with Crippen molar-refractivity contribution in [1.29, 1.82) is 0 Å². The molecule has 5 heteroatoms. The second-order valence-corrected chi connectivity index (χ2v) is 4.49. The number of hydrogen-bond donors (Lipinski definition) is 0. The Morgan fingerprint density at radius 1 is 1.25 bits per heavy atom. The molecule has 2 aromatic rings. The summed E-state index contributed by atoms with van der Waals surface area (Å²) >= 11 is 17.5. The fourth-order valence-electron chi connectivity index (χ4n) is 1.49. The summed E-state index contributed by atoms with van der Waals surface area (Å²) in [6.45, 7) is 1.94. The molecule has 0 aliphatic heterocycles. The standard InChI is InChI=1S/C11H7Cl3FN/c1-2-5-3-6-8(16-11(5)14)4-7(12)10(15)9(6)13/h3-4H,2H2,1H3. The molecule has 0 aliphatic rings. The minimum absolute atomic E-state index is 0.0126. The molecule has 0 amide bonds. The van der Waals surface area contributed by atoms with Crippen LogP contribution in [0, 0.1) is 5.82 Å². The van der Waals surface area contributed by atoms with Gasteiger partial charge < -0.3 is 0 Å². The Morgan fingerprint density at radius 3 is 2.56 bits per heavy atom. The van der Waals surface area contributed by atoms with Gasteiger partial charge in [0, 0.05) is 5.39 Å². The second-order valence-electron chi connectivity index (χ2n) is 3.34. The lowest BCUT2D eigenvalue weighted by Crippen LogP contribution is -1.91. The number of halogens is 4. The van der Waals surface area contributed by atoms with Crippen LogP contribution in [-0.2, 0) is 6.42 Å². The van der Waals surface area contributed by atoms with Crippen molar-refractivity contribution in [2.24, 2.45) is 0 Å². The van der Waals surface area contributed by atoms with Gasteiger partial charge in [-0.3, -0.25) is 0 Å². The predicted octanol–water partition coefficient (Wildman–Crippen LogP) is 4.90. The molecule has 0 radical (unpaired) electrons. The van der Waals surface area contributed by atoms with Crippen molar-refractivity contribution < 1.29 is 4.39 Å². The summed E-state index contributed by atoms with van der Waals surface area (Å²) in [6, 6.07) is 3.16. The Hall–Kier alpha value is -0.570. The normalized spacial score (nSPS) is 11.1. The van der Waals surface area contributed by atoms with Crippen molar-refractivity contribution in [3.63, 3.8) is 0 Å². The van der Waals surface area contributed by atoms with E-state index in [4.69, 9.17) is 34.8 Å². The number of aromatic nitrogens is 1. The molecule has 0 spiro atoms. The molecule has 0 saturated carbocycles. The molecule has 0 saturated heterocycles. The van der Waals surface area contributed by atoms with Crippen LogP contribution in [0.5, 0.6) is 0 Å². The molecule has 2 rings (SSSR count). The SMILES string of the molecule is CCc1cc2c(Cl)c(F)c(Cl)cc2nc1Cl. The van der Waals surface area contributed by atoms with Gasteiger partial charge in [0.25, 0.3) is 0 Å². The van der Waals surface area contributed by atoms with Gasteiger partial charge in [0.1, 0.15) is 5.15 Å². The number of aryl methyl sites for hydroxylation is 1. The Labute approximate surface area is 107 Å². The van der Waals surface area contributed by atoms with Gasteiger partial charge in [0.2, 0.25) is 0 Å². The maximum Gasteiger partial charge on any atom is 0.161 e. The van der Waals surface area contributed by atoms with E-state index in [1.165, 1.54) is 6.07 Å². The molecule has 16 heavy (non-hydrogen) atoms. The van der Waals surface area contributed by atoms with Crippen LogP contribution in [0.25, 0.3) is 10.9 Å². The largest absolute Gasteiger partial charge is 0.236 e. The van der Waals surface area contributed by atoms with Crippen LogP contribution in [0.1, 0.15) is 12.5 Å². The van der Waals surface area contributed by atoms with E-state index in [2.05, 4.69) is 4.98 Å². The predicted molar refractivity (Wildman–Crippen MR) is 66.1 cm³/mol. The van der Waals surface area contributed by atoms with E-state index in [9.17, 15) is 4.39 Å². The van der Waals surface area contributed by atoms with Gasteiger partial charge in [-0.15, -0.1) is 0 Å². The Morgan fingerprint density at radius 2 is 1.94 bits per heavy atom. The van der Waals surface area contributed by atoms with Crippen LogP contribution in [0.2, 0.25) is 15.2 Å². The first-order chi connectivity index (χ1) is 7.54. The molecule has 84 valence electrons. The van der Waals surface area contributed by atoms with Gasteiger partial charge in [0.05, 0.1) is 15.6 Å². The van der Waals surface area contributed by atoms with E-state index >= 15 is 0 Å². The number of hydrogen-bond acceptors (Lipinski definition) is 1. The summed E-state index contributed by atoms with van der Waals surface area (Å²) in [5.74, 6) is -0.623. The number of pyridine rings is 1. The van der Waals surface area contributed by atoms with Crippen LogP contribution < -0.4 is 0 Å². The molecule has 0 N–H and O–H groups in total. The van der Waals surface area contributed by atoms with Crippen LogP contribution in [0.4, 0.5) is 4.39 Å². The van der Waals surface area contributed by atoms with Crippen LogP contribution >= 0.6 is 34.8 Å². The molecule has 0 bridgehead atoms. The molecule has 1 nitrogen and oxygen atoms in total. The monoisotopic (exact) mass is 277 g/mol. The van der Waals surface area contributed by atoms with Crippen molar-refractivity contribution in [1.82, 2.24) is 4.98 Å². The van der Waals surface area contributed by atoms with E-state index in [1.54, 1.807) is 6.07 Å². The molecule has 0 unspecified atom stereocenters. The van der Waals surface area contributed by atoms with Gasteiger partial charge in [0.15, 0.2) is 5.82 Å². The highest BCUT2D eigenvalue weighted by Gasteiger charge is 2.13. The zero-order chi connectivity index (χ0) is 11.9. The Bertz CT molecular complexity index is 569. The first-order valence-corrected chi connectivity index (χ1v) is 5.80. The molecule has 0 atom stereocenters. The fraction of sp³-hybridized carbons (Fsp3) is 0.182. The number of nitrogens with zero attached hydrogens (tertiary/aromatic N) is 1. The molecular weight excluding hydrogens is 271 g/mol. The van der Waals surface area contributed by atoms with Gasteiger partial charge in [-0.25, -0.2) is 9.37 Å². The minimum atomic E-state index is -0.623. The van der Waals surface area contributed by atoms with Gasteiger partial charge >= 0.3 is 0 Å². The zero-order valence-corrected chi connectivity index (χ0v) is 10.6. The molecule has 1 aromatic heterocycles. The third kappa shape index (κ3) is 1.86. The van der Waals surface area contributed by atoms with E-state index in [0.29, 0.717) is 22.5 Å². The summed E-state index contributed by atoms with van der Waals surface area (Å²) in [5.41, 5.74) is 1.33. The lowest BCUT2D eigenvalue weighted by atomic mass is 10.1. The van der Waals surface area contributed by atoms with Gasteiger partial charge in [-0.05, 0) is 24.1 Å². The fourth-order valence-corrected chi connectivity index (χ4v) is 2.26. The lowest BCUT2D eigenvalue weighted by molar-refractivity contribution is 0.630. The smallest absolute Gasteiger partial charge is 0.161 e. The van der Waals surface area contributed by atoms with Crippen molar-refractivity contribution in [3.05, 3.63) is 38.7 Å². The van der Waals surface area contributed by atoms with Gasteiger partial charge in [-0.2, -0.15) is 0 Å². The van der Waals surface area contributed by atoms with Crippen LogP contribution in [0.3, 0.4) is 0 Å². The molecule has 0 aliphatic carbocycles. The van der Waals surface area contributed by atoms with Crippen molar-refractivity contribution >= 4 is 45.7 Å². The summed E-state index contributed by atoms with van der Waals surface area (Å²) in [4.78, 5) is 4.14. The zero-order valence-electron chi connectivity index (χ0n) is 8.32. The Kier molecular flexibility index (Phi) is 3.24. The third-order valence-corrected chi connectivity index (χ3v) is 3.33. The molecular formula is C11H7Cl3FN. The first-order valence-electron chi connectivity index (χ1n) is 4.67. The number of benzene rings is 1. The number of fused-ring (bicyclic) bond motifs is 1. The molecule has 1 heterocycles. The quantitative estimate of drug-likeness (QED) is 0.534. The summed E-state index contributed by atoms with van der Waals surface area (Å²) < 4.78 is 13.5. The van der Waals surface area contributed by atoms with Gasteiger partial charge in [-0.1, -0.05) is 41.7 Å². The van der Waals surface area contributed by atoms with Crippen LogP contribution in [0.15, 0.2) is 12.1 Å². The lowest BCUT2D eigenvalue weighted by Gasteiger charge is -2.07.